The molecule has 4 fully saturated rings. The molecule has 44 heavy (non-hydrogen) atoms. The molecule has 10 heteroatoms. The Morgan fingerprint density at radius 3 is 2.43 bits per heavy atom. The van der Waals surface area contributed by atoms with E-state index in [2.05, 4.69) is 20.8 Å². The van der Waals surface area contributed by atoms with Crippen LogP contribution in [0.25, 0.3) is 0 Å². The number of methoxy groups -OCH3 is 1. The number of carbonyl (C=O) groups excluding carboxylic acids is 3. The van der Waals surface area contributed by atoms with Gasteiger partial charge in [0, 0.05) is 66.1 Å². The number of hydrogen-bond acceptors (Lipinski definition) is 10. The van der Waals surface area contributed by atoms with E-state index in [0.717, 1.165) is 11.1 Å². The largest absolute Gasteiger partial charge is 0.462 e. The minimum Gasteiger partial charge on any atom is -0.462 e. The van der Waals surface area contributed by atoms with Crippen LogP contribution in [0.3, 0.4) is 0 Å². The SMILES string of the molecule is C/C=C(\C)C(=O)O[C@H]1C[C@@H](OC(C)=O)[C@@]2(C)CO[C@H]3[C@@H](O)[C@@]4(C)C5=C(C)[C@H](C6=CCOC6=O)C[C@@H]5O[C@@H](OC)C[C@@H]4[C@]1(C)[C@@H]32. The quantitative estimate of drug-likeness (QED) is 0.211. The Balaban J connectivity index is 1.55. The first-order valence-corrected chi connectivity index (χ1v) is 15.8. The zero-order chi connectivity index (χ0) is 31.9. The van der Waals surface area contributed by atoms with Gasteiger partial charge >= 0.3 is 17.9 Å². The fourth-order valence-electron chi connectivity index (χ4n) is 10.2. The lowest BCUT2D eigenvalue weighted by atomic mass is 9.39. The number of hydrogen-bond donors (Lipinski definition) is 1. The molecule has 0 unspecified atom stereocenters. The lowest BCUT2D eigenvalue weighted by Crippen LogP contribution is -2.71. The van der Waals surface area contributed by atoms with Crippen molar-refractivity contribution in [2.45, 2.75) is 105 Å². The van der Waals surface area contributed by atoms with Gasteiger partial charge in [0.05, 0.1) is 24.9 Å². The molecule has 0 aromatic heterocycles. The molecule has 2 saturated carbocycles. The van der Waals surface area contributed by atoms with Gasteiger partial charge in [-0.15, -0.1) is 0 Å². The highest BCUT2D eigenvalue weighted by Crippen LogP contribution is 2.72. The van der Waals surface area contributed by atoms with Crippen molar-refractivity contribution in [2.75, 3.05) is 20.3 Å². The van der Waals surface area contributed by atoms with Gasteiger partial charge in [0.15, 0.2) is 6.29 Å². The van der Waals surface area contributed by atoms with Gasteiger partial charge in [0.1, 0.15) is 18.8 Å². The molecule has 242 valence electrons. The molecule has 12 atom stereocenters. The molecule has 3 aliphatic heterocycles. The molecule has 10 nitrogen and oxygen atoms in total. The summed E-state index contributed by atoms with van der Waals surface area (Å²) >= 11 is 0. The summed E-state index contributed by atoms with van der Waals surface area (Å²) in [4.78, 5) is 38.4. The summed E-state index contributed by atoms with van der Waals surface area (Å²) in [6.07, 6.45) is 1.02. The Morgan fingerprint density at radius 2 is 1.82 bits per heavy atom. The van der Waals surface area contributed by atoms with Crippen molar-refractivity contribution in [2.24, 2.45) is 34.0 Å². The van der Waals surface area contributed by atoms with Crippen molar-refractivity contribution in [3.63, 3.8) is 0 Å². The van der Waals surface area contributed by atoms with Crippen LogP contribution in [-0.2, 0) is 42.8 Å². The van der Waals surface area contributed by atoms with E-state index in [9.17, 15) is 19.5 Å². The number of aliphatic hydroxyl groups is 1. The van der Waals surface area contributed by atoms with E-state index in [4.69, 9.17) is 28.4 Å². The van der Waals surface area contributed by atoms with Crippen molar-refractivity contribution in [3.8, 4) is 0 Å². The zero-order valence-corrected chi connectivity index (χ0v) is 27.0. The predicted octanol–water partition coefficient (Wildman–Crippen LogP) is 3.81. The lowest BCUT2D eigenvalue weighted by Gasteiger charge is -2.66. The van der Waals surface area contributed by atoms with E-state index >= 15 is 0 Å². The third-order valence-electron chi connectivity index (χ3n) is 12.3. The van der Waals surface area contributed by atoms with Crippen LogP contribution in [0.1, 0.15) is 67.7 Å². The molecule has 6 aliphatic rings. The number of aliphatic hydroxyl groups excluding tert-OH is 1. The number of cyclic esters (lactones) is 1. The zero-order valence-electron chi connectivity index (χ0n) is 27.0. The Hall–Kier alpha value is -2.53. The van der Waals surface area contributed by atoms with E-state index in [1.54, 1.807) is 27.0 Å². The molecule has 0 aromatic carbocycles. The van der Waals surface area contributed by atoms with Gasteiger partial charge in [-0.3, -0.25) is 4.79 Å². The Bertz CT molecular complexity index is 1350. The van der Waals surface area contributed by atoms with Gasteiger partial charge in [0.25, 0.3) is 0 Å². The summed E-state index contributed by atoms with van der Waals surface area (Å²) in [6.45, 7) is 13.7. The molecule has 6 rings (SSSR count). The number of rotatable bonds is 5. The molecule has 0 radical (unpaired) electrons. The molecule has 1 N–H and O–H groups in total. The maximum absolute atomic E-state index is 13.4. The van der Waals surface area contributed by atoms with Crippen molar-refractivity contribution >= 4 is 17.9 Å². The summed E-state index contributed by atoms with van der Waals surface area (Å²) < 4.78 is 36.7. The minimum atomic E-state index is -0.952. The smallest absolute Gasteiger partial charge is 0.334 e. The summed E-state index contributed by atoms with van der Waals surface area (Å²) in [5.41, 5.74) is 0.784. The third kappa shape index (κ3) is 4.23. The summed E-state index contributed by atoms with van der Waals surface area (Å²) in [5, 5.41) is 12.5. The summed E-state index contributed by atoms with van der Waals surface area (Å²) in [5.74, 6) is -1.99. The van der Waals surface area contributed by atoms with Crippen molar-refractivity contribution in [3.05, 3.63) is 34.4 Å². The normalized spacial score (nSPS) is 46.4. The Labute approximate surface area is 259 Å². The van der Waals surface area contributed by atoms with Crippen LogP contribution in [0.15, 0.2) is 34.4 Å². The number of carbonyl (C=O) groups is 3. The monoisotopic (exact) mass is 614 g/mol. The molecule has 0 spiro atoms. The van der Waals surface area contributed by atoms with Gasteiger partial charge in [-0.1, -0.05) is 32.4 Å². The minimum absolute atomic E-state index is 0.212. The molecule has 3 heterocycles. The fourth-order valence-corrected chi connectivity index (χ4v) is 10.2. The van der Waals surface area contributed by atoms with Crippen molar-refractivity contribution in [1.82, 2.24) is 0 Å². The maximum Gasteiger partial charge on any atom is 0.334 e. The van der Waals surface area contributed by atoms with Gasteiger partial charge in [-0.2, -0.15) is 0 Å². The standard InChI is InChI=1S/C34H46O10/c1-9-16(2)30(37)44-24-14-23(42-18(4)35)32(5)15-41-27-28(32)33(24,6)22-13-25(39-8)43-21-12-20(19-10-11-40-31(19)38)17(3)26(21)34(22,7)29(27)36/h9-10,20-25,27-29,36H,11-15H2,1-8H3/b16-9+/t20-,21+,22-,23-,24+,25-,27-,28+,29-,32-,33+,34-/m1/s1. The van der Waals surface area contributed by atoms with Gasteiger partial charge in [-0.05, 0) is 44.8 Å². The average molecular weight is 615 g/mol. The highest BCUT2D eigenvalue weighted by atomic mass is 16.7. The molecular formula is C34H46O10. The first kappa shape index (κ1) is 31.5. The first-order chi connectivity index (χ1) is 20.7. The van der Waals surface area contributed by atoms with Crippen LogP contribution >= 0.6 is 0 Å². The Kier molecular flexibility index (Phi) is 7.71. The molecule has 0 aromatic rings. The second-order valence-electron chi connectivity index (χ2n) is 14.3. The highest BCUT2D eigenvalue weighted by Gasteiger charge is 2.77. The van der Waals surface area contributed by atoms with Crippen LogP contribution in [0.5, 0.6) is 0 Å². The van der Waals surface area contributed by atoms with Crippen molar-refractivity contribution in [1.29, 1.82) is 0 Å². The summed E-state index contributed by atoms with van der Waals surface area (Å²) in [6, 6.07) is 0. The van der Waals surface area contributed by atoms with Crippen LogP contribution in [0, 0.1) is 34.0 Å². The second kappa shape index (κ2) is 10.8. The number of esters is 3. The maximum atomic E-state index is 13.4. The highest BCUT2D eigenvalue weighted by molar-refractivity contribution is 5.92. The Morgan fingerprint density at radius 1 is 1.09 bits per heavy atom. The van der Waals surface area contributed by atoms with Crippen LogP contribution in [0.4, 0.5) is 0 Å². The van der Waals surface area contributed by atoms with Crippen molar-refractivity contribution < 1.29 is 47.9 Å². The van der Waals surface area contributed by atoms with E-state index in [1.807, 2.05) is 13.0 Å². The first-order valence-electron chi connectivity index (χ1n) is 15.8. The average Bonchev–Trinajstić information content (AvgIpc) is 3.63. The molecule has 2 saturated heterocycles. The van der Waals surface area contributed by atoms with Gasteiger partial charge in [-0.25, -0.2) is 9.59 Å². The molecule has 0 amide bonds. The predicted molar refractivity (Wildman–Crippen MR) is 157 cm³/mol. The van der Waals surface area contributed by atoms with Crippen LogP contribution < -0.4 is 0 Å². The van der Waals surface area contributed by atoms with Gasteiger partial charge in [0.2, 0.25) is 0 Å². The number of ether oxygens (including phenoxy) is 6. The van der Waals surface area contributed by atoms with Crippen LogP contribution in [-0.4, -0.2) is 80.1 Å². The molecule has 0 bridgehead atoms. The lowest BCUT2D eigenvalue weighted by molar-refractivity contribution is -0.259. The second-order valence-corrected chi connectivity index (χ2v) is 14.3. The molecular weight excluding hydrogens is 568 g/mol. The number of allylic oxidation sites excluding steroid dienone is 2. The third-order valence-corrected chi connectivity index (χ3v) is 12.3. The topological polar surface area (TPSA) is 127 Å². The fraction of sp³-hybridized carbons (Fsp3) is 0.735. The van der Waals surface area contributed by atoms with Gasteiger partial charge < -0.3 is 33.5 Å². The van der Waals surface area contributed by atoms with E-state index in [-0.39, 0.29) is 36.9 Å². The van der Waals surface area contributed by atoms with E-state index < -0.39 is 65.0 Å². The van der Waals surface area contributed by atoms with E-state index in [0.29, 0.717) is 30.4 Å². The van der Waals surface area contributed by atoms with Crippen LogP contribution in [0.2, 0.25) is 0 Å². The molecule has 3 aliphatic carbocycles. The summed E-state index contributed by atoms with van der Waals surface area (Å²) in [7, 11) is 1.62. The number of fused-ring (bicyclic) bond motifs is 4. The van der Waals surface area contributed by atoms with E-state index in [1.165, 1.54) is 6.92 Å².